The van der Waals surface area contributed by atoms with Crippen molar-refractivity contribution in [2.45, 2.75) is 0 Å². The Kier molecular flexibility index (Phi) is 3.60. The second-order valence-corrected chi connectivity index (χ2v) is 3.98. The van der Waals surface area contributed by atoms with Crippen LogP contribution in [0.25, 0.3) is 0 Å². The summed E-state index contributed by atoms with van der Waals surface area (Å²) in [6, 6.07) is 0.867. The number of carbonyl (C=O) groups is 1. The third-order valence-corrected chi connectivity index (χ3v) is 2.87. The van der Waals surface area contributed by atoms with Crippen molar-refractivity contribution in [3.8, 4) is 0 Å². The smallest absolute Gasteiger partial charge is 0.340 e. The molecular formula is C8H4Br2F2O2. The summed E-state index contributed by atoms with van der Waals surface area (Å²) in [6.45, 7) is 0. The SMILES string of the molecule is COC(=O)c1c(Br)cc(F)c(F)c1Br. The highest BCUT2D eigenvalue weighted by molar-refractivity contribution is 9.11. The van der Waals surface area contributed by atoms with Crippen molar-refractivity contribution in [3.63, 3.8) is 0 Å². The van der Waals surface area contributed by atoms with E-state index >= 15 is 0 Å². The first-order valence-electron chi connectivity index (χ1n) is 3.40. The summed E-state index contributed by atoms with van der Waals surface area (Å²) in [5.41, 5.74) is -0.0774. The van der Waals surface area contributed by atoms with Gasteiger partial charge in [0.1, 0.15) is 0 Å². The second kappa shape index (κ2) is 4.35. The molecule has 1 aromatic carbocycles. The number of ether oxygens (including phenoxy) is 1. The van der Waals surface area contributed by atoms with Crippen LogP contribution in [0, 0.1) is 11.6 Å². The van der Waals surface area contributed by atoms with Crippen LogP contribution >= 0.6 is 31.9 Å². The molecule has 14 heavy (non-hydrogen) atoms. The van der Waals surface area contributed by atoms with E-state index in [1.807, 2.05) is 0 Å². The lowest BCUT2D eigenvalue weighted by molar-refractivity contribution is 0.0598. The van der Waals surface area contributed by atoms with Gasteiger partial charge in [0.25, 0.3) is 0 Å². The number of carbonyl (C=O) groups excluding carboxylic acids is 1. The Hall–Kier alpha value is -0.490. The van der Waals surface area contributed by atoms with E-state index in [-0.39, 0.29) is 14.5 Å². The van der Waals surface area contributed by atoms with Gasteiger partial charge in [-0.2, -0.15) is 0 Å². The zero-order valence-corrected chi connectivity index (χ0v) is 10.1. The van der Waals surface area contributed by atoms with Gasteiger partial charge in [-0.1, -0.05) is 0 Å². The van der Waals surface area contributed by atoms with Gasteiger partial charge in [-0.05, 0) is 37.9 Å². The first kappa shape index (κ1) is 11.6. The zero-order valence-electron chi connectivity index (χ0n) is 6.91. The number of hydrogen-bond donors (Lipinski definition) is 0. The van der Waals surface area contributed by atoms with Gasteiger partial charge in [0.15, 0.2) is 11.6 Å². The van der Waals surface area contributed by atoms with Crippen molar-refractivity contribution < 1.29 is 18.3 Å². The van der Waals surface area contributed by atoms with Crippen molar-refractivity contribution >= 4 is 37.8 Å². The molecular weight excluding hydrogens is 326 g/mol. The molecule has 0 fully saturated rings. The third kappa shape index (κ3) is 1.95. The Morgan fingerprint density at radius 2 is 2.00 bits per heavy atom. The van der Waals surface area contributed by atoms with E-state index in [1.165, 1.54) is 0 Å². The Bertz CT molecular complexity index is 393. The Balaban J connectivity index is 3.44. The first-order valence-corrected chi connectivity index (χ1v) is 4.99. The number of hydrogen-bond acceptors (Lipinski definition) is 2. The number of rotatable bonds is 1. The molecule has 0 amide bonds. The van der Waals surface area contributed by atoms with Crippen molar-refractivity contribution in [2.24, 2.45) is 0 Å². The molecule has 1 rings (SSSR count). The molecule has 0 aliphatic heterocycles. The molecule has 0 aromatic heterocycles. The molecule has 0 aliphatic carbocycles. The minimum absolute atomic E-state index is 0.0774. The fourth-order valence-electron chi connectivity index (χ4n) is 0.855. The molecule has 0 unspecified atom stereocenters. The molecule has 0 aliphatic rings. The number of methoxy groups -OCH3 is 1. The van der Waals surface area contributed by atoms with E-state index in [0.29, 0.717) is 0 Å². The van der Waals surface area contributed by atoms with Crippen LogP contribution in [-0.4, -0.2) is 13.1 Å². The molecule has 76 valence electrons. The predicted octanol–water partition coefficient (Wildman–Crippen LogP) is 3.28. The quantitative estimate of drug-likeness (QED) is 0.449. The Morgan fingerprint density at radius 1 is 1.43 bits per heavy atom. The van der Waals surface area contributed by atoms with Gasteiger partial charge in [-0.15, -0.1) is 0 Å². The molecule has 0 saturated heterocycles. The van der Waals surface area contributed by atoms with E-state index in [2.05, 4.69) is 36.6 Å². The molecule has 0 bridgehead atoms. The average molecular weight is 330 g/mol. The van der Waals surface area contributed by atoms with Gasteiger partial charge in [0.2, 0.25) is 0 Å². The fourth-order valence-corrected chi connectivity index (χ4v) is 2.25. The van der Waals surface area contributed by atoms with Gasteiger partial charge in [0, 0.05) is 4.47 Å². The lowest BCUT2D eigenvalue weighted by Crippen LogP contribution is -2.06. The molecule has 0 saturated carbocycles. The molecule has 2 nitrogen and oxygen atoms in total. The fraction of sp³-hybridized carbons (Fsp3) is 0.125. The summed E-state index contributed by atoms with van der Waals surface area (Å²) in [5.74, 6) is -2.91. The maximum absolute atomic E-state index is 13.0. The molecule has 0 atom stereocenters. The summed E-state index contributed by atoms with van der Waals surface area (Å²) in [6.07, 6.45) is 0. The summed E-state index contributed by atoms with van der Waals surface area (Å²) in [7, 11) is 1.16. The number of halogens is 4. The van der Waals surface area contributed by atoms with E-state index in [9.17, 15) is 13.6 Å². The summed E-state index contributed by atoms with van der Waals surface area (Å²) in [4.78, 5) is 11.1. The van der Waals surface area contributed by atoms with Gasteiger partial charge in [-0.25, -0.2) is 13.6 Å². The van der Waals surface area contributed by atoms with Gasteiger partial charge >= 0.3 is 5.97 Å². The maximum atomic E-state index is 13.0. The van der Waals surface area contributed by atoms with Crippen LogP contribution in [0.15, 0.2) is 15.0 Å². The van der Waals surface area contributed by atoms with Gasteiger partial charge in [0.05, 0.1) is 17.1 Å². The lowest BCUT2D eigenvalue weighted by atomic mass is 10.2. The third-order valence-electron chi connectivity index (χ3n) is 1.50. The average Bonchev–Trinajstić information content (AvgIpc) is 2.14. The minimum atomic E-state index is -1.12. The van der Waals surface area contributed by atoms with Crippen LogP contribution in [0.5, 0.6) is 0 Å². The zero-order chi connectivity index (χ0) is 10.9. The Labute approximate surface area is 95.5 Å². The normalized spacial score (nSPS) is 10.1. The van der Waals surface area contributed by atoms with E-state index in [1.54, 1.807) is 0 Å². The summed E-state index contributed by atoms with van der Waals surface area (Å²) in [5, 5.41) is 0. The largest absolute Gasteiger partial charge is 0.465 e. The van der Waals surface area contributed by atoms with Crippen LogP contribution in [0.3, 0.4) is 0 Å². The predicted molar refractivity (Wildman–Crippen MR) is 53.1 cm³/mol. The number of benzene rings is 1. The lowest BCUT2D eigenvalue weighted by Gasteiger charge is -2.06. The van der Waals surface area contributed by atoms with Crippen LogP contribution in [-0.2, 0) is 4.74 Å². The second-order valence-electron chi connectivity index (χ2n) is 2.33. The molecule has 6 heteroatoms. The van der Waals surface area contributed by atoms with E-state index < -0.39 is 17.6 Å². The molecule has 0 heterocycles. The van der Waals surface area contributed by atoms with Crippen LogP contribution in [0.4, 0.5) is 8.78 Å². The molecule has 0 N–H and O–H groups in total. The Morgan fingerprint density at radius 3 is 2.50 bits per heavy atom. The van der Waals surface area contributed by atoms with Crippen LogP contribution < -0.4 is 0 Å². The van der Waals surface area contributed by atoms with Crippen molar-refractivity contribution in [3.05, 3.63) is 32.2 Å². The van der Waals surface area contributed by atoms with Crippen LogP contribution in [0.2, 0.25) is 0 Å². The highest BCUT2D eigenvalue weighted by atomic mass is 79.9. The number of esters is 1. The standard InChI is InChI=1S/C8H4Br2F2O2/c1-14-8(13)5-3(9)2-4(11)7(12)6(5)10/h2H,1H3. The highest BCUT2D eigenvalue weighted by Crippen LogP contribution is 2.30. The maximum Gasteiger partial charge on any atom is 0.340 e. The highest BCUT2D eigenvalue weighted by Gasteiger charge is 2.21. The first-order chi connectivity index (χ1) is 6.49. The van der Waals surface area contributed by atoms with Gasteiger partial charge < -0.3 is 4.74 Å². The minimum Gasteiger partial charge on any atom is -0.465 e. The van der Waals surface area contributed by atoms with Gasteiger partial charge in [-0.3, -0.25) is 0 Å². The van der Waals surface area contributed by atoms with Crippen molar-refractivity contribution in [1.29, 1.82) is 0 Å². The molecule has 1 aromatic rings. The van der Waals surface area contributed by atoms with Crippen molar-refractivity contribution in [2.75, 3.05) is 7.11 Å². The summed E-state index contributed by atoms with van der Waals surface area (Å²) >= 11 is 5.71. The van der Waals surface area contributed by atoms with E-state index in [4.69, 9.17) is 0 Å². The topological polar surface area (TPSA) is 26.3 Å². The van der Waals surface area contributed by atoms with E-state index in [0.717, 1.165) is 13.2 Å². The summed E-state index contributed by atoms with van der Waals surface area (Å²) < 4.78 is 30.1. The molecule has 0 spiro atoms. The van der Waals surface area contributed by atoms with Crippen molar-refractivity contribution in [1.82, 2.24) is 0 Å². The molecule has 0 radical (unpaired) electrons. The monoisotopic (exact) mass is 328 g/mol. The van der Waals surface area contributed by atoms with Crippen LogP contribution in [0.1, 0.15) is 10.4 Å².